The van der Waals surface area contributed by atoms with Gasteiger partial charge in [-0.15, -0.1) is 0 Å². The van der Waals surface area contributed by atoms with Crippen molar-refractivity contribution in [2.75, 3.05) is 19.6 Å². The normalized spacial score (nSPS) is 19.6. The molecular formula is C15H20BrFN2O. The van der Waals surface area contributed by atoms with E-state index in [0.717, 1.165) is 19.5 Å². The smallest absolute Gasteiger partial charge is 0.251 e. The lowest BCUT2D eigenvalue weighted by atomic mass is 10.1. The van der Waals surface area contributed by atoms with Crippen molar-refractivity contribution >= 4 is 21.8 Å². The summed E-state index contributed by atoms with van der Waals surface area (Å²) >= 11 is 3.08. The maximum absolute atomic E-state index is 13.4. The molecule has 1 unspecified atom stereocenters. The van der Waals surface area contributed by atoms with Gasteiger partial charge in [0.05, 0.1) is 4.47 Å². The number of likely N-dealkylation sites (tertiary alicyclic amines) is 1. The van der Waals surface area contributed by atoms with Gasteiger partial charge >= 0.3 is 0 Å². The van der Waals surface area contributed by atoms with E-state index < -0.39 is 5.82 Å². The van der Waals surface area contributed by atoms with Gasteiger partial charge in [-0.3, -0.25) is 4.79 Å². The largest absolute Gasteiger partial charge is 0.352 e. The monoisotopic (exact) mass is 342 g/mol. The predicted octanol–water partition coefficient (Wildman–Crippen LogP) is 3.05. The van der Waals surface area contributed by atoms with Crippen LogP contribution in [0.25, 0.3) is 0 Å². The number of hydrogen-bond donors (Lipinski definition) is 1. The van der Waals surface area contributed by atoms with Gasteiger partial charge in [0.25, 0.3) is 5.91 Å². The zero-order valence-electron chi connectivity index (χ0n) is 11.8. The second-order valence-electron chi connectivity index (χ2n) is 5.58. The molecule has 0 bridgehead atoms. The third-order valence-corrected chi connectivity index (χ3v) is 4.42. The molecule has 0 aromatic heterocycles. The number of hydrogen-bond acceptors (Lipinski definition) is 2. The molecule has 20 heavy (non-hydrogen) atoms. The first-order valence-electron chi connectivity index (χ1n) is 6.94. The fourth-order valence-electron chi connectivity index (χ4n) is 2.47. The van der Waals surface area contributed by atoms with Crippen LogP contribution >= 0.6 is 15.9 Å². The van der Waals surface area contributed by atoms with Crippen molar-refractivity contribution in [1.82, 2.24) is 10.2 Å². The topological polar surface area (TPSA) is 32.3 Å². The van der Waals surface area contributed by atoms with E-state index in [0.29, 0.717) is 28.5 Å². The Morgan fingerprint density at radius 1 is 1.55 bits per heavy atom. The Kier molecular flexibility index (Phi) is 5.16. The van der Waals surface area contributed by atoms with Crippen molar-refractivity contribution in [3.63, 3.8) is 0 Å². The molecule has 1 saturated heterocycles. The summed E-state index contributed by atoms with van der Waals surface area (Å²) in [5.41, 5.74) is 0.365. The molecule has 0 saturated carbocycles. The van der Waals surface area contributed by atoms with E-state index in [2.05, 4.69) is 40.0 Å². The molecule has 2 rings (SSSR count). The van der Waals surface area contributed by atoms with E-state index in [1.54, 1.807) is 12.1 Å². The Morgan fingerprint density at radius 2 is 2.30 bits per heavy atom. The number of benzene rings is 1. The molecule has 1 N–H and O–H groups in total. The zero-order valence-corrected chi connectivity index (χ0v) is 13.4. The first-order valence-corrected chi connectivity index (χ1v) is 7.74. The van der Waals surface area contributed by atoms with Gasteiger partial charge in [-0.05, 0) is 66.9 Å². The summed E-state index contributed by atoms with van der Waals surface area (Å²) in [7, 11) is 0. The van der Waals surface area contributed by atoms with Crippen molar-refractivity contribution in [2.45, 2.75) is 26.3 Å². The maximum Gasteiger partial charge on any atom is 0.251 e. The number of carbonyl (C=O) groups excluding carboxylic acids is 1. The van der Waals surface area contributed by atoms with Gasteiger partial charge in [-0.2, -0.15) is 0 Å². The van der Waals surface area contributed by atoms with Crippen molar-refractivity contribution < 1.29 is 9.18 Å². The first kappa shape index (κ1) is 15.4. The molecule has 0 aliphatic carbocycles. The van der Waals surface area contributed by atoms with E-state index in [-0.39, 0.29) is 5.91 Å². The molecule has 5 heteroatoms. The molecule has 3 nitrogen and oxygen atoms in total. The minimum absolute atomic E-state index is 0.209. The number of nitrogens with one attached hydrogen (secondary N) is 1. The Labute approximate surface area is 127 Å². The summed E-state index contributed by atoms with van der Waals surface area (Å²) in [6, 6.07) is 4.99. The van der Waals surface area contributed by atoms with Crippen LogP contribution in [0.2, 0.25) is 0 Å². The highest BCUT2D eigenvalue weighted by atomic mass is 79.9. The van der Waals surface area contributed by atoms with Crippen molar-refractivity contribution in [2.24, 2.45) is 5.92 Å². The van der Waals surface area contributed by atoms with E-state index in [9.17, 15) is 9.18 Å². The van der Waals surface area contributed by atoms with Crippen molar-refractivity contribution in [3.05, 3.63) is 34.1 Å². The second-order valence-corrected chi connectivity index (χ2v) is 6.44. The van der Waals surface area contributed by atoms with E-state index in [4.69, 9.17) is 0 Å². The quantitative estimate of drug-likeness (QED) is 0.911. The van der Waals surface area contributed by atoms with Crippen molar-refractivity contribution in [1.29, 1.82) is 0 Å². The number of amides is 1. The second kappa shape index (κ2) is 6.68. The molecule has 1 aliphatic heterocycles. The number of nitrogens with zero attached hydrogens (tertiary/aromatic N) is 1. The van der Waals surface area contributed by atoms with E-state index in [1.165, 1.54) is 6.07 Å². The number of rotatable bonds is 4. The molecule has 1 aromatic carbocycles. The van der Waals surface area contributed by atoms with Crippen LogP contribution < -0.4 is 5.32 Å². The van der Waals surface area contributed by atoms with Crippen LogP contribution in [0.15, 0.2) is 22.7 Å². The maximum atomic E-state index is 13.4. The average Bonchev–Trinajstić information content (AvgIpc) is 2.88. The Balaban J connectivity index is 1.85. The van der Waals surface area contributed by atoms with Crippen LogP contribution in [-0.4, -0.2) is 36.5 Å². The third kappa shape index (κ3) is 3.79. The molecule has 1 aromatic rings. The minimum Gasteiger partial charge on any atom is -0.352 e. The lowest BCUT2D eigenvalue weighted by molar-refractivity contribution is 0.0946. The summed E-state index contributed by atoms with van der Waals surface area (Å²) in [6.07, 6.45) is 1.10. The van der Waals surface area contributed by atoms with Gasteiger partial charge in [0.1, 0.15) is 5.82 Å². The molecule has 1 amide bonds. The summed E-state index contributed by atoms with van der Waals surface area (Å²) in [4.78, 5) is 14.4. The molecular weight excluding hydrogens is 323 g/mol. The highest BCUT2D eigenvalue weighted by Crippen LogP contribution is 2.19. The molecule has 1 heterocycles. The molecule has 110 valence electrons. The predicted molar refractivity (Wildman–Crippen MR) is 81.2 cm³/mol. The van der Waals surface area contributed by atoms with Gasteiger partial charge in [0.2, 0.25) is 0 Å². The average molecular weight is 343 g/mol. The molecule has 0 spiro atoms. The molecule has 1 fully saturated rings. The summed E-state index contributed by atoms with van der Waals surface area (Å²) in [5, 5.41) is 2.90. The van der Waals surface area contributed by atoms with Crippen LogP contribution in [0.3, 0.4) is 0 Å². The van der Waals surface area contributed by atoms with E-state index >= 15 is 0 Å². The lowest BCUT2D eigenvalue weighted by Gasteiger charge is -2.20. The van der Waals surface area contributed by atoms with Gasteiger partial charge in [-0.25, -0.2) is 4.39 Å². The highest BCUT2D eigenvalue weighted by Gasteiger charge is 2.24. The minimum atomic E-state index is -0.413. The Morgan fingerprint density at radius 3 is 2.90 bits per heavy atom. The Bertz CT molecular complexity index is 493. The summed E-state index contributed by atoms with van der Waals surface area (Å²) in [5.74, 6) is -0.134. The number of halogens is 2. The van der Waals surface area contributed by atoms with Gasteiger partial charge in [0.15, 0.2) is 0 Å². The van der Waals surface area contributed by atoms with Gasteiger partial charge in [-0.1, -0.05) is 0 Å². The van der Waals surface area contributed by atoms with Gasteiger partial charge < -0.3 is 10.2 Å². The SMILES string of the molecule is CC(C)N1CCC(CNC(=O)c2ccc(Br)c(F)c2)C1. The Hall–Kier alpha value is -0.940. The first-order chi connectivity index (χ1) is 9.47. The molecule has 0 radical (unpaired) electrons. The zero-order chi connectivity index (χ0) is 14.7. The number of carbonyl (C=O) groups is 1. The fraction of sp³-hybridized carbons (Fsp3) is 0.533. The summed E-state index contributed by atoms with van der Waals surface area (Å²) in [6.45, 7) is 7.13. The third-order valence-electron chi connectivity index (χ3n) is 3.78. The summed E-state index contributed by atoms with van der Waals surface area (Å²) < 4.78 is 13.8. The van der Waals surface area contributed by atoms with Crippen LogP contribution in [0.1, 0.15) is 30.6 Å². The van der Waals surface area contributed by atoms with Crippen LogP contribution in [0.4, 0.5) is 4.39 Å². The van der Waals surface area contributed by atoms with Crippen LogP contribution in [0.5, 0.6) is 0 Å². The van der Waals surface area contributed by atoms with E-state index in [1.807, 2.05) is 0 Å². The molecule has 1 atom stereocenters. The molecule has 1 aliphatic rings. The van der Waals surface area contributed by atoms with Gasteiger partial charge in [0, 0.05) is 24.7 Å². The van der Waals surface area contributed by atoms with Crippen LogP contribution in [-0.2, 0) is 0 Å². The standard InChI is InChI=1S/C15H20BrFN2O/c1-10(2)19-6-5-11(9-19)8-18-15(20)12-3-4-13(16)14(17)7-12/h3-4,7,10-11H,5-6,8-9H2,1-2H3,(H,18,20). The highest BCUT2D eigenvalue weighted by molar-refractivity contribution is 9.10. The lowest BCUT2D eigenvalue weighted by Crippen LogP contribution is -2.33. The van der Waals surface area contributed by atoms with Crippen LogP contribution in [0, 0.1) is 11.7 Å². The fourth-order valence-corrected chi connectivity index (χ4v) is 2.72. The van der Waals surface area contributed by atoms with Crippen molar-refractivity contribution in [3.8, 4) is 0 Å².